The number of benzene rings is 2. The Morgan fingerprint density at radius 2 is 2.12 bits per heavy atom. The van der Waals surface area contributed by atoms with Crippen molar-refractivity contribution in [1.82, 2.24) is 4.98 Å². The van der Waals surface area contributed by atoms with Crippen molar-refractivity contribution >= 4 is 22.5 Å². The fraction of sp³-hybridized carbons (Fsp3) is 0.158. The van der Waals surface area contributed by atoms with Gasteiger partial charge in [0.05, 0.1) is 25.2 Å². The van der Waals surface area contributed by atoms with Crippen LogP contribution in [0.5, 0.6) is 5.75 Å². The highest BCUT2D eigenvalue weighted by molar-refractivity contribution is 5.96. The lowest BCUT2D eigenvalue weighted by molar-refractivity contribution is -0.115. The lowest BCUT2D eigenvalue weighted by Crippen LogP contribution is -2.14. The van der Waals surface area contributed by atoms with Crippen molar-refractivity contribution in [3.05, 3.63) is 59.3 Å². The number of H-pyrrole nitrogens is 1. The summed E-state index contributed by atoms with van der Waals surface area (Å²) in [5.41, 5.74) is 4.01. The van der Waals surface area contributed by atoms with E-state index in [0.29, 0.717) is 11.3 Å². The minimum atomic E-state index is -0.128. The number of methoxy groups -OCH3 is 1. The van der Waals surface area contributed by atoms with Crippen LogP contribution in [0.3, 0.4) is 0 Å². The summed E-state index contributed by atoms with van der Waals surface area (Å²) in [6, 6.07) is 14.7. The number of fused-ring (bicyclic) bond motifs is 1. The molecule has 0 fully saturated rings. The molecule has 0 bridgehead atoms. The fourth-order valence-electron chi connectivity index (χ4n) is 2.75. The van der Waals surface area contributed by atoms with E-state index in [9.17, 15) is 4.79 Å². The van der Waals surface area contributed by atoms with Gasteiger partial charge in [0.25, 0.3) is 0 Å². The topological polar surface area (TPSA) is 77.9 Å². The molecule has 3 rings (SSSR count). The first-order valence-corrected chi connectivity index (χ1v) is 7.56. The van der Waals surface area contributed by atoms with Crippen LogP contribution in [0.1, 0.15) is 16.8 Å². The molecular formula is C19H17N3O2. The molecule has 0 saturated heterocycles. The van der Waals surface area contributed by atoms with Gasteiger partial charge in [-0.1, -0.05) is 6.07 Å². The van der Waals surface area contributed by atoms with Crippen molar-refractivity contribution in [2.24, 2.45) is 0 Å². The van der Waals surface area contributed by atoms with Gasteiger partial charge in [-0.2, -0.15) is 5.26 Å². The van der Waals surface area contributed by atoms with E-state index >= 15 is 0 Å². The lowest BCUT2D eigenvalue weighted by atomic mass is 10.1. The summed E-state index contributed by atoms with van der Waals surface area (Å²) in [6.45, 7) is 1.95. The second kappa shape index (κ2) is 6.47. The van der Waals surface area contributed by atoms with Crippen LogP contribution < -0.4 is 10.1 Å². The van der Waals surface area contributed by atoms with Crippen LogP contribution in [0.4, 0.5) is 5.69 Å². The molecule has 0 unspecified atom stereocenters. The highest BCUT2D eigenvalue weighted by Crippen LogP contribution is 2.27. The zero-order valence-corrected chi connectivity index (χ0v) is 13.5. The summed E-state index contributed by atoms with van der Waals surface area (Å²) in [5.74, 6) is 0.627. The Bertz CT molecular complexity index is 951. The smallest absolute Gasteiger partial charge is 0.228 e. The fourth-order valence-corrected chi connectivity index (χ4v) is 2.75. The molecule has 24 heavy (non-hydrogen) atoms. The summed E-state index contributed by atoms with van der Waals surface area (Å²) in [6.07, 6.45) is 0.246. The number of rotatable bonds is 4. The van der Waals surface area contributed by atoms with Gasteiger partial charge in [-0.15, -0.1) is 0 Å². The maximum Gasteiger partial charge on any atom is 0.228 e. The molecule has 0 aliphatic heterocycles. The average molecular weight is 319 g/mol. The second-order valence-corrected chi connectivity index (χ2v) is 5.56. The molecule has 2 aromatic carbocycles. The largest absolute Gasteiger partial charge is 0.497 e. The van der Waals surface area contributed by atoms with Gasteiger partial charge in [0.1, 0.15) is 5.75 Å². The number of hydrogen-bond acceptors (Lipinski definition) is 3. The number of aryl methyl sites for hydroxylation is 1. The standard InChI is InChI=1S/C19H17N3O2/c1-12-16(17-9-15(24-2)6-7-18(17)21-12)10-19(23)22-14-5-3-4-13(8-14)11-20/h3-9,21H,10H2,1-2H3,(H,22,23). The van der Waals surface area contributed by atoms with Gasteiger partial charge in [0, 0.05) is 22.3 Å². The van der Waals surface area contributed by atoms with E-state index in [1.807, 2.05) is 25.1 Å². The van der Waals surface area contributed by atoms with Crippen LogP contribution in [0.25, 0.3) is 10.9 Å². The van der Waals surface area contributed by atoms with Gasteiger partial charge < -0.3 is 15.0 Å². The summed E-state index contributed by atoms with van der Waals surface area (Å²) < 4.78 is 5.27. The number of carbonyl (C=O) groups is 1. The van der Waals surface area contributed by atoms with Crippen molar-refractivity contribution in [1.29, 1.82) is 5.26 Å². The first-order valence-electron chi connectivity index (χ1n) is 7.56. The van der Waals surface area contributed by atoms with Crippen molar-refractivity contribution in [3.8, 4) is 11.8 Å². The van der Waals surface area contributed by atoms with E-state index < -0.39 is 0 Å². The Labute approximate surface area is 139 Å². The van der Waals surface area contributed by atoms with Crippen molar-refractivity contribution in [2.75, 3.05) is 12.4 Å². The van der Waals surface area contributed by atoms with Crippen molar-refractivity contribution in [2.45, 2.75) is 13.3 Å². The van der Waals surface area contributed by atoms with Crippen LogP contribution in [0.2, 0.25) is 0 Å². The predicted octanol–water partition coefficient (Wildman–Crippen LogP) is 3.54. The molecule has 3 aromatic rings. The third-order valence-corrected chi connectivity index (χ3v) is 3.94. The van der Waals surface area contributed by atoms with Crippen LogP contribution in [-0.4, -0.2) is 18.0 Å². The van der Waals surface area contributed by atoms with E-state index in [4.69, 9.17) is 10.00 Å². The van der Waals surface area contributed by atoms with Gasteiger partial charge >= 0.3 is 0 Å². The molecular weight excluding hydrogens is 302 g/mol. The van der Waals surface area contributed by atoms with Crippen molar-refractivity contribution < 1.29 is 9.53 Å². The van der Waals surface area contributed by atoms with Crippen LogP contribution >= 0.6 is 0 Å². The highest BCUT2D eigenvalue weighted by atomic mass is 16.5. The zero-order valence-electron chi connectivity index (χ0n) is 13.5. The SMILES string of the molecule is COc1ccc2[nH]c(C)c(CC(=O)Nc3cccc(C#N)c3)c2c1. The van der Waals surface area contributed by atoms with Gasteiger partial charge in [0.15, 0.2) is 0 Å². The molecule has 5 heteroatoms. The third kappa shape index (κ3) is 3.08. The number of aromatic amines is 1. The Kier molecular flexibility index (Phi) is 4.21. The molecule has 1 heterocycles. The summed E-state index contributed by atoms with van der Waals surface area (Å²) in [5, 5.41) is 12.7. The predicted molar refractivity (Wildman–Crippen MR) is 93.1 cm³/mol. The minimum Gasteiger partial charge on any atom is -0.497 e. The van der Waals surface area contributed by atoms with E-state index in [2.05, 4.69) is 16.4 Å². The number of nitrogens with zero attached hydrogens (tertiary/aromatic N) is 1. The number of aromatic nitrogens is 1. The monoisotopic (exact) mass is 319 g/mol. The van der Waals surface area contributed by atoms with Gasteiger partial charge in [0.2, 0.25) is 5.91 Å². The molecule has 0 aliphatic carbocycles. The first-order chi connectivity index (χ1) is 11.6. The summed E-state index contributed by atoms with van der Waals surface area (Å²) in [7, 11) is 1.62. The molecule has 0 radical (unpaired) electrons. The highest BCUT2D eigenvalue weighted by Gasteiger charge is 2.13. The molecule has 1 aromatic heterocycles. The van der Waals surface area contributed by atoms with Crippen molar-refractivity contribution in [3.63, 3.8) is 0 Å². The maximum atomic E-state index is 12.4. The van der Waals surface area contributed by atoms with Gasteiger partial charge in [-0.25, -0.2) is 0 Å². The normalized spacial score (nSPS) is 10.4. The average Bonchev–Trinajstić information content (AvgIpc) is 2.89. The van der Waals surface area contributed by atoms with Gasteiger partial charge in [-0.3, -0.25) is 4.79 Å². The van der Waals surface area contributed by atoms with E-state index in [0.717, 1.165) is 27.9 Å². The Morgan fingerprint density at radius 3 is 2.88 bits per heavy atom. The Balaban J connectivity index is 1.85. The molecule has 1 amide bonds. The minimum absolute atomic E-state index is 0.128. The molecule has 120 valence electrons. The lowest BCUT2D eigenvalue weighted by Gasteiger charge is -2.06. The quantitative estimate of drug-likeness (QED) is 0.772. The maximum absolute atomic E-state index is 12.4. The molecule has 0 spiro atoms. The number of ether oxygens (including phenoxy) is 1. The van der Waals surface area contributed by atoms with Crippen LogP contribution in [0.15, 0.2) is 42.5 Å². The Morgan fingerprint density at radius 1 is 1.29 bits per heavy atom. The zero-order chi connectivity index (χ0) is 17.1. The Hall–Kier alpha value is -3.26. The number of anilines is 1. The van der Waals surface area contributed by atoms with E-state index in [1.54, 1.807) is 31.4 Å². The molecule has 0 aliphatic rings. The summed E-state index contributed by atoms with van der Waals surface area (Å²) in [4.78, 5) is 15.7. The van der Waals surface area contributed by atoms with E-state index in [-0.39, 0.29) is 12.3 Å². The molecule has 5 nitrogen and oxygen atoms in total. The molecule has 0 atom stereocenters. The number of nitriles is 1. The first kappa shape index (κ1) is 15.6. The summed E-state index contributed by atoms with van der Waals surface area (Å²) >= 11 is 0. The second-order valence-electron chi connectivity index (χ2n) is 5.56. The number of carbonyl (C=O) groups excluding carboxylic acids is 1. The third-order valence-electron chi connectivity index (χ3n) is 3.94. The number of amides is 1. The number of hydrogen-bond donors (Lipinski definition) is 2. The van der Waals surface area contributed by atoms with E-state index in [1.165, 1.54) is 0 Å². The molecule has 0 saturated carbocycles. The number of nitrogens with one attached hydrogen (secondary N) is 2. The van der Waals surface area contributed by atoms with Crippen LogP contribution in [-0.2, 0) is 11.2 Å². The van der Waals surface area contributed by atoms with Crippen LogP contribution in [0, 0.1) is 18.3 Å². The molecule has 2 N–H and O–H groups in total. The van der Waals surface area contributed by atoms with Gasteiger partial charge in [-0.05, 0) is 48.9 Å².